The van der Waals surface area contributed by atoms with E-state index in [1.165, 1.54) is 0 Å². The van der Waals surface area contributed by atoms with Gasteiger partial charge in [0.25, 0.3) is 5.91 Å². The lowest BCUT2D eigenvalue weighted by molar-refractivity contribution is -0.120. The number of benzene rings is 1. The van der Waals surface area contributed by atoms with Gasteiger partial charge in [-0.05, 0) is 25.0 Å². The molecule has 0 saturated heterocycles. The fourth-order valence-corrected chi connectivity index (χ4v) is 3.12. The second-order valence-electron chi connectivity index (χ2n) is 6.07. The molecular formula is C18H21N3O3. The number of aryl methyl sites for hydroxylation is 2. The van der Waals surface area contributed by atoms with Crippen LogP contribution >= 0.6 is 0 Å². The Balaban J connectivity index is 1.83. The number of hydrogen-bond acceptors (Lipinski definition) is 4. The first-order valence-corrected chi connectivity index (χ1v) is 8.14. The molecule has 1 N–H and O–H groups in total. The van der Waals surface area contributed by atoms with Gasteiger partial charge in [0, 0.05) is 25.6 Å². The number of anilines is 1. The third-order valence-electron chi connectivity index (χ3n) is 4.35. The summed E-state index contributed by atoms with van der Waals surface area (Å²) in [6.07, 6.45) is 1.98. The SMILES string of the molecule is CCCc1onc(C)c1C(=O)NC1Cc2ccccc2N(C)C1=O. The molecule has 0 bridgehead atoms. The number of para-hydroxylation sites is 1. The monoisotopic (exact) mass is 327 g/mol. The van der Waals surface area contributed by atoms with E-state index in [0.29, 0.717) is 29.9 Å². The van der Waals surface area contributed by atoms with Crippen LogP contribution in [0.2, 0.25) is 0 Å². The van der Waals surface area contributed by atoms with Crippen LogP contribution in [0.5, 0.6) is 0 Å². The Hall–Kier alpha value is -2.63. The molecule has 0 fully saturated rings. The van der Waals surface area contributed by atoms with Crippen LogP contribution < -0.4 is 10.2 Å². The molecule has 3 rings (SSSR count). The zero-order valence-electron chi connectivity index (χ0n) is 14.1. The maximum atomic E-state index is 12.7. The number of fused-ring (bicyclic) bond motifs is 1. The number of aromatic nitrogens is 1. The summed E-state index contributed by atoms with van der Waals surface area (Å²) in [6, 6.07) is 7.14. The van der Waals surface area contributed by atoms with Gasteiger partial charge in [0.05, 0.1) is 5.69 Å². The number of nitrogens with zero attached hydrogens (tertiary/aromatic N) is 2. The van der Waals surface area contributed by atoms with Crippen molar-refractivity contribution in [2.24, 2.45) is 0 Å². The van der Waals surface area contributed by atoms with Crippen molar-refractivity contribution in [3.05, 3.63) is 46.8 Å². The Bertz CT molecular complexity index is 782. The van der Waals surface area contributed by atoms with Gasteiger partial charge >= 0.3 is 0 Å². The molecule has 0 aliphatic carbocycles. The van der Waals surface area contributed by atoms with Gasteiger partial charge in [-0.3, -0.25) is 9.59 Å². The Labute approximate surface area is 140 Å². The first-order chi connectivity index (χ1) is 11.5. The minimum atomic E-state index is -0.582. The molecule has 2 heterocycles. The predicted molar refractivity (Wildman–Crippen MR) is 90.0 cm³/mol. The highest BCUT2D eigenvalue weighted by molar-refractivity contribution is 6.04. The largest absolute Gasteiger partial charge is 0.360 e. The molecule has 1 aromatic heterocycles. The normalized spacial score (nSPS) is 16.9. The van der Waals surface area contributed by atoms with E-state index in [1.807, 2.05) is 31.2 Å². The van der Waals surface area contributed by atoms with Crippen LogP contribution in [0.15, 0.2) is 28.8 Å². The van der Waals surface area contributed by atoms with E-state index in [-0.39, 0.29) is 11.8 Å². The molecule has 1 atom stereocenters. The van der Waals surface area contributed by atoms with Crippen LogP contribution in [0.1, 0.15) is 40.7 Å². The maximum absolute atomic E-state index is 12.7. The Morgan fingerprint density at radius 1 is 1.42 bits per heavy atom. The summed E-state index contributed by atoms with van der Waals surface area (Å²) < 4.78 is 5.24. The molecule has 1 aliphatic heterocycles. The average molecular weight is 327 g/mol. The lowest BCUT2D eigenvalue weighted by Gasteiger charge is -2.31. The van der Waals surface area contributed by atoms with Crippen molar-refractivity contribution < 1.29 is 14.1 Å². The van der Waals surface area contributed by atoms with Crippen LogP contribution in [0.25, 0.3) is 0 Å². The fourth-order valence-electron chi connectivity index (χ4n) is 3.12. The molecule has 126 valence electrons. The summed E-state index contributed by atoms with van der Waals surface area (Å²) in [4.78, 5) is 26.8. The van der Waals surface area contributed by atoms with E-state index < -0.39 is 6.04 Å². The Morgan fingerprint density at radius 2 is 2.17 bits per heavy atom. The van der Waals surface area contributed by atoms with Crippen LogP contribution in [0.4, 0.5) is 5.69 Å². The standard InChI is InChI=1S/C18H21N3O3/c1-4-7-15-16(11(2)20-24-15)17(22)19-13-10-12-8-5-6-9-14(12)21(3)18(13)23/h5-6,8-9,13H,4,7,10H2,1-3H3,(H,19,22). The first-order valence-electron chi connectivity index (χ1n) is 8.14. The molecule has 1 aromatic carbocycles. The molecule has 0 radical (unpaired) electrons. The molecule has 0 saturated carbocycles. The predicted octanol–water partition coefficient (Wildman–Crippen LogP) is 2.25. The number of carbonyl (C=O) groups excluding carboxylic acids is 2. The third kappa shape index (κ3) is 2.79. The van der Waals surface area contributed by atoms with E-state index >= 15 is 0 Å². The van der Waals surface area contributed by atoms with Gasteiger partial charge in [-0.25, -0.2) is 0 Å². The van der Waals surface area contributed by atoms with Gasteiger partial charge in [0.1, 0.15) is 17.4 Å². The van der Waals surface area contributed by atoms with Crippen molar-refractivity contribution >= 4 is 17.5 Å². The average Bonchev–Trinajstić information content (AvgIpc) is 2.93. The highest BCUT2D eigenvalue weighted by atomic mass is 16.5. The molecule has 6 heteroatoms. The fraction of sp³-hybridized carbons (Fsp3) is 0.389. The number of likely N-dealkylation sites (N-methyl/N-ethyl adjacent to an activating group) is 1. The van der Waals surface area contributed by atoms with Gasteiger partial charge in [-0.1, -0.05) is 30.3 Å². The smallest absolute Gasteiger partial charge is 0.257 e. The summed E-state index contributed by atoms with van der Waals surface area (Å²) in [5.74, 6) is 0.154. The summed E-state index contributed by atoms with van der Waals surface area (Å²) in [7, 11) is 1.73. The molecule has 1 aliphatic rings. The Kier molecular flexibility index (Phi) is 4.38. The van der Waals surface area contributed by atoms with E-state index in [2.05, 4.69) is 10.5 Å². The topological polar surface area (TPSA) is 75.4 Å². The minimum Gasteiger partial charge on any atom is -0.360 e. The first kappa shape index (κ1) is 16.2. The molecule has 24 heavy (non-hydrogen) atoms. The molecule has 6 nitrogen and oxygen atoms in total. The lowest BCUT2D eigenvalue weighted by atomic mass is 9.97. The van der Waals surface area contributed by atoms with E-state index in [9.17, 15) is 9.59 Å². The van der Waals surface area contributed by atoms with Gasteiger partial charge in [-0.15, -0.1) is 0 Å². The van der Waals surface area contributed by atoms with Crippen LogP contribution in [0, 0.1) is 6.92 Å². The second-order valence-corrected chi connectivity index (χ2v) is 6.07. The minimum absolute atomic E-state index is 0.117. The highest BCUT2D eigenvalue weighted by Gasteiger charge is 2.33. The highest BCUT2D eigenvalue weighted by Crippen LogP contribution is 2.26. The number of rotatable bonds is 4. The summed E-state index contributed by atoms with van der Waals surface area (Å²) in [6.45, 7) is 3.75. The van der Waals surface area contributed by atoms with Crippen LogP contribution in [-0.2, 0) is 17.6 Å². The maximum Gasteiger partial charge on any atom is 0.257 e. The molecule has 1 unspecified atom stereocenters. The lowest BCUT2D eigenvalue weighted by Crippen LogP contribution is -2.51. The van der Waals surface area contributed by atoms with Gasteiger partial charge in [0.15, 0.2) is 0 Å². The van der Waals surface area contributed by atoms with Crippen molar-refractivity contribution in [3.8, 4) is 0 Å². The van der Waals surface area contributed by atoms with Gasteiger partial charge in [-0.2, -0.15) is 0 Å². The van der Waals surface area contributed by atoms with Gasteiger partial charge in [0.2, 0.25) is 5.91 Å². The molecule has 0 spiro atoms. The third-order valence-corrected chi connectivity index (χ3v) is 4.35. The van der Waals surface area contributed by atoms with Crippen molar-refractivity contribution in [2.45, 2.75) is 39.2 Å². The van der Waals surface area contributed by atoms with E-state index in [0.717, 1.165) is 17.7 Å². The van der Waals surface area contributed by atoms with Crippen molar-refractivity contribution in [1.29, 1.82) is 0 Å². The zero-order valence-corrected chi connectivity index (χ0v) is 14.1. The number of carbonyl (C=O) groups is 2. The van der Waals surface area contributed by atoms with Crippen molar-refractivity contribution in [2.75, 3.05) is 11.9 Å². The van der Waals surface area contributed by atoms with Crippen LogP contribution in [0.3, 0.4) is 0 Å². The molecule has 2 amide bonds. The zero-order chi connectivity index (χ0) is 17.3. The second kappa shape index (κ2) is 6.47. The van der Waals surface area contributed by atoms with Crippen molar-refractivity contribution in [1.82, 2.24) is 10.5 Å². The van der Waals surface area contributed by atoms with Crippen LogP contribution in [-0.4, -0.2) is 30.1 Å². The van der Waals surface area contributed by atoms with Crippen molar-refractivity contribution in [3.63, 3.8) is 0 Å². The summed E-state index contributed by atoms with van der Waals surface area (Å²) in [5, 5.41) is 6.74. The number of amides is 2. The summed E-state index contributed by atoms with van der Waals surface area (Å²) in [5.41, 5.74) is 2.93. The quantitative estimate of drug-likeness (QED) is 0.934. The molecule has 2 aromatic rings. The van der Waals surface area contributed by atoms with E-state index in [4.69, 9.17) is 4.52 Å². The molecular weight excluding hydrogens is 306 g/mol. The van der Waals surface area contributed by atoms with Gasteiger partial charge < -0.3 is 14.7 Å². The Morgan fingerprint density at radius 3 is 2.92 bits per heavy atom. The number of hydrogen-bond donors (Lipinski definition) is 1. The summed E-state index contributed by atoms with van der Waals surface area (Å²) >= 11 is 0. The number of nitrogens with one attached hydrogen (secondary N) is 1. The van der Waals surface area contributed by atoms with E-state index in [1.54, 1.807) is 18.9 Å².